The van der Waals surface area contributed by atoms with Crippen LogP contribution in [0.3, 0.4) is 0 Å². The molecule has 3 heterocycles. The fraction of sp³-hybridized carbons (Fsp3) is 0.174. The number of hydrogen-bond acceptors (Lipinski definition) is 10. The molecular weight excluding hydrogens is 675 g/mol. The van der Waals surface area contributed by atoms with Gasteiger partial charge in [-0.2, -0.15) is 0 Å². The van der Waals surface area contributed by atoms with Crippen molar-refractivity contribution in [3.05, 3.63) is 98.5 Å². The van der Waals surface area contributed by atoms with Crippen LogP contribution in [0.25, 0.3) is 0 Å². The molecule has 4 aromatic rings. The molecule has 214 valence electrons. The third kappa shape index (κ3) is 12.3. The summed E-state index contributed by atoms with van der Waals surface area (Å²) in [5, 5.41) is 20.6. The standard InChI is InChI=1S/C17H19N5.C6H2Cl4O2.ClHO4.Fe/c1-21-11-10-20-17(21)14-22(12-15-6-2-4-8-18-15)13-16-7-3-5-9-19-16;7-1-2(8)4(10)6(12)5(11)3(1)9;2-1(3,4)5;/h2-11H,12-14H2,1H3;11-12H;(H,2,3,4,5);/q;;;+4/p-3. The Morgan fingerprint density at radius 1 is 0.700 bits per heavy atom. The van der Waals surface area contributed by atoms with Gasteiger partial charge in [0, 0.05) is 44.9 Å². The smallest absolute Gasteiger partial charge is 0.872 e. The third-order valence-electron chi connectivity index (χ3n) is 4.69. The Morgan fingerprint density at radius 2 is 1.12 bits per heavy atom. The fourth-order valence-corrected chi connectivity index (χ4v) is 3.77. The van der Waals surface area contributed by atoms with E-state index in [0.29, 0.717) is 0 Å². The first-order valence-corrected chi connectivity index (χ1v) is 13.3. The molecule has 0 fully saturated rings. The van der Waals surface area contributed by atoms with Gasteiger partial charge >= 0.3 is 17.1 Å². The van der Waals surface area contributed by atoms with Crippen molar-refractivity contribution in [1.29, 1.82) is 0 Å². The molecule has 17 heteroatoms. The molecule has 0 aliphatic carbocycles. The molecule has 0 saturated heterocycles. The molecule has 40 heavy (non-hydrogen) atoms. The van der Waals surface area contributed by atoms with Crippen LogP contribution in [0.1, 0.15) is 17.2 Å². The number of rotatable bonds is 6. The van der Waals surface area contributed by atoms with Crippen molar-refractivity contribution >= 4 is 46.4 Å². The molecule has 0 unspecified atom stereocenters. The molecule has 0 spiro atoms. The molecule has 0 aliphatic rings. The van der Waals surface area contributed by atoms with Crippen LogP contribution in [-0.2, 0) is 43.8 Å². The average molecular weight is 695 g/mol. The van der Waals surface area contributed by atoms with E-state index < -0.39 is 31.8 Å². The van der Waals surface area contributed by atoms with Crippen molar-refractivity contribution in [2.45, 2.75) is 19.6 Å². The summed E-state index contributed by atoms with van der Waals surface area (Å²) in [6.45, 7) is 2.30. The van der Waals surface area contributed by atoms with Gasteiger partial charge in [-0.3, -0.25) is 14.9 Å². The zero-order valence-corrected chi connectivity index (χ0v) is 25.2. The topological polar surface area (TPSA) is 185 Å². The molecule has 0 saturated carbocycles. The van der Waals surface area contributed by atoms with Crippen LogP contribution in [0.15, 0.2) is 61.2 Å². The van der Waals surface area contributed by atoms with Crippen LogP contribution in [0.5, 0.6) is 11.5 Å². The van der Waals surface area contributed by atoms with Crippen molar-refractivity contribution in [1.82, 2.24) is 24.4 Å². The number of aryl methyl sites for hydroxylation is 1. The summed E-state index contributed by atoms with van der Waals surface area (Å²) in [5.74, 6) is -0.834. The normalized spacial score (nSPS) is 10.7. The van der Waals surface area contributed by atoms with E-state index in [1.165, 1.54) is 0 Å². The van der Waals surface area contributed by atoms with E-state index in [-0.39, 0.29) is 27.1 Å². The molecule has 0 bridgehead atoms. The number of pyridine rings is 2. The largest absolute Gasteiger partial charge is 4.00 e. The summed E-state index contributed by atoms with van der Waals surface area (Å²) >= 11 is 21.7. The molecule has 3 aromatic heterocycles. The Balaban J connectivity index is 0.000000375. The van der Waals surface area contributed by atoms with Gasteiger partial charge in [0.25, 0.3) is 0 Å². The Labute approximate surface area is 262 Å². The number of halogens is 5. The van der Waals surface area contributed by atoms with Crippen molar-refractivity contribution in [3.63, 3.8) is 0 Å². The number of imidazole rings is 1. The summed E-state index contributed by atoms with van der Waals surface area (Å²) in [7, 11) is -2.93. The maximum Gasteiger partial charge on any atom is 4.00 e. The second-order valence-corrected chi connectivity index (χ2v) is 9.80. The van der Waals surface area contributed by atoms with Gasteiger partial charge in [0.15, 0.2) is 0 Å². The minimum Gasteiger partial charge on any atom is -0.872 e. The van der Waals surface area contributed by atoms with Crippen LogP contribution in [0.2, 0.25) is 20.1 Å². The van der Waals surface area contributed by atoms with Crippen LogP contribution in [0, 0.1) is 10.2 Å². The summed E-state index contributed by atoms with van der Waals surface area (Å²) < 4.78 is 36.0. The van der Waals surface area contributed by atoms with E-state index >= 15 is 0 Å². The first-order chi connectivity index (χ1) is 18.3. The first-order valence-electron chi connectivity index (χ1n) is 10.6. The van der Waals surface area contributed by atoms with E-state index in [9.17, 15) is 10.2 Å². The molecule has 0 amide bonds. The molecule has 4 rings (SSSR count). The number of benzene rings is 1. The van der Waals surface area contributed by atoms with Gasteiger partial charge in [-0.05, 0) is 24.3 Å². The Kier molecular flexibility index (Phi) is 15.5. The summed E-state index contributed by atoms with van der Waals surface area (Å²) in [5.41, 5.74) is 2.10. The van der Waals surface area contributed by atoms with E-state index in [1.54, 1.807) is 0 Å². The molecule has 11 nitrogen and oxygen atoms in total. The maximum absolute atomic E-state index is 10.9. The summed E-state index contributed by atoms with van der Waals surface area (Å²) in [4.78, 5) is 15.6. The van der Waals surface area contributed by atoms with Gasteiger partial charge < -0.3 is 14.8 Å². The minimum atomic E-state index is -4.94. The molecule has 0 aliphatic heterocycles. The van der Waals surface area contributed by atoms with E-state index in [1.807, 2.05) is 72.8 Å². The van der Waals surface area contributed by atoms with Gasteiger partial charge in [-0.15, -0.1) is 10.2 Å². The second-order valence-electron chi connectivity index (χ2n) is 7.53. The maximum atomic E-state index is 10.9. The minimum absolute atomic E-state index is 0. The monoisotopic (exact) mass is 692 g/mol. The van der Waals surface area contributed by atoms with E-state index in [2.05, 4.69) is 19.9 Å². The van der Waals surface area contributed by atoms with E-state index in [0.717, 1.165) is 36.8 Å². The summed E-state index contributed by atoms with van der Waals surface area (Å²) in [6, 6.07) is 12.0. The molecule has 0 atom stereocenters. The van der Waals surface area contributed by atoms with Gasteiger partial charge in [0.1, 0.15) is 5.82 Å². The molecule has 0 radical (unpaired) electrons. The van der Waals surface area contributed by atoms with Crippen LogP contribution in [0.4, 0.5) is 0 Å². The average Bonchev–Trinajstić information content (AvgIpc) is 3.29. The fourth-order valence-electron chi connectivity index (χ4n) is 2.95. The number of aromatic nitrogens is 4. The quantitative estimate of drug-likeness (QED) is 0.152. The predicted octanol–water partition coefficient (Wildman–Crippen LogP) is 0.101. The van der Waals surface area contributed by atoms with Gasteiger partial charge in [-0.25, -0.2) is 23.6 Å². The van der Waals surface area contributed by atoms with Crippen LogP contribution >= 0.6 is 46.4 Å². The van der Waals surface area contributed by atoms with Crippen molar-refractivity contribution in [2.24, 2.45) is 7.05 Å². The zero-order valence-electron chi connectivity index (χ0n) is 20.3. The van der Waals surface area contributed by atoms with E-state index in [4.69, 9.17) is 65.0 Å². The third-order valence-corrected chi connectivity index (χ3v) is 6.46. The Bertz CT molecular complexity index is 1180. The van der Waals surface area contributed by atoms with Gasteiger partial charge in [0.05, 0.1) is 38.0 Å². The van der Waals surface area contributed by atoms with Crippen LogP contribution < -0.4 is 28.8 Å². The van der Waals surface area contributed by atoms with Crippen molar-refractivity contribution in [3.8, 4) is 11.5 Å². The molecular formula is C23H19Cl5FeN5O6+. The SMILES string of the molecule is Cn1ccnc1CN(Cc1ccccn1)Cc1ccccn1.[Fe+4].[O-][Cl+3]([O-])([O-])[O-].[O-]c1c([O-])c(Cl)c(Cl)c(Cl)c1Cl. The van der Waals surface area contributed by atoms with Gasteiger partial charge in [0.2, 0.25) is 0 Å². The number of nitrogens with zero attached hydrogens (tertiary/aromatic N) is 5. The Hall–Kier alpha value is -1.90. The molecule has 1 aromatic carbocycles. The summed E-state index contributed by atoms with van der Waals surface area (Å²) in [6.07, 6.45) is 7.45. The Morgan fingerprint density at radius 3 is 1.45 bits per heavy atom. The predicted molar refractivity (Wildman–Crippen MR) is 130 cm³/mol. The van der Waals surface area contributed by atoms with Crippen molar-refractivity contribution in [2.75, 3.05) is 0 Å². The second kappa shape index (κ2) is 17.1. The van der Waals surface area contributed by atoms with Crippen LogP contribution in [-0.4, -0.2) is 24.4 Å². The molecule has 0 N–H and O–H groups in total. The van der Waals surface area contributed by atoms with Crippen molar-refractivity contribution < 1.29 is 56.2 Å². The zero-order chi connectivity index (χ0) is 29.2. The number of hydrogen-bond donors (Lipinski definition) is 0. The first kappa shape index (κ1) is 36.1. The van der Waals surface area contributed by atoms with Gasteiger partial charge in [-0.1, -0.05) is 70.0 Å².